The van der Waals surface area contributed by atoms with Crippen LogP contribution < -0.4 is 10.6 Å². The quantitative estimate of drug-likeness (QED) is 0.202. The molecule has 208 valence electrons. The Morgan fingerprint density at radius 2 is 1.77 bits per heavy atom. The number of ether oxygens (including phenoxy) is 2. The van der Waals surface area contributed by atoms with E-state index in [1.54, 1.807) is 23.1 Å². The highest BCUT2D eigenvalue weighted by atomic mass is 32.2. The molecule has 2 amide bonds. The van der Waals surface area contributed by atoms with Gasteiger partial charge in [-0.25, -0.2) is 4.79 Å². The predicted octanol–water partition coefficient (Wildman–Crippen LogP) is 6.24. The van der Waals surface area contributed by atoms with Gasteiger partial charge in [-0.3, -0.25) is 0 Å². The summed E-state index contributed by atoms with van der Waals surface area (Å²) in [6.45, 7) is 4.50. The minimum Gasteiger partial charge on any atom is -0.392 e. The van der Waals surface area contributed by atoms with Crippen LogP contribution in [0, 0.1) is 12.8 Å². The normalized spacial score (nSPS) is 20.7. The molecule has 8 nitrogen and oxygen atoms in total. The highest BCUT2D eigenvalue weighted by molar-refractivity contribution is 8.01. The monoisotopic (exact) mass is 576 g/mol. The van der Waals surface area contributed by atoms with Gasteiger partial charge in [-0.2, -0.15) is 0 Å². The van der Waals surface area contributed by atoms with Crippen molar-refractivity contribution < 1.29 is 19.4 Å². The third kappa shape index (κ3) is 7.26. The van der Waals surface area contributed by atoms with Crippen molar-refractivity contribution in [3.63, 3.8) is 0 Å². The number of hydrogen-bond donors (Lipinski definition) is 3. The topological polar surface area (TPSA) is 106 Å². The standard InChI is InChI=1S/C30H32N4O4S2/c1-19-26(18-39-30-34-33-20(2)40-30)37-28(38-27(19)23-13-11-22(17-35)12-14-23)24-9-6-10-25(15-24)32-29(36)31-16-21-7-4-3-5-8-21/h3-15,19,26-28,35H,16-18H2,1-2H3,(H2,31,32,36). The second-order valence-electron chi connectivity index (χ2n) is 9.64. The predicted molar refractivity (Wildman–Crippen MR) is 157 cm³/mol. The van der Waals surface area contributed by atoms with Gasteiger partial charge in [-0.05, 0) is 35.7 Å². The lowest BCUT2D eigenvalue weighted by molar-refractivity contribution is -0.268. The van der Waals surface area contributed by atoms with Gasteiger partial charge in [0.05, 0.1) is 18.8 Å². The van der Waals surface area contributed by atoms with Gasteiger partial charge in [0.2, 0.25) is 0 Å². The van der Waals surface area contributed by atoms with E-state index in [-0.39, 0.29) is 30.8 Å². The van der Waals surface area contributed by atoms with Gasteiger partial charge >= 0.3 is 6.03 Å². The van der Waals surface area contributed by atoms with Crippen molar-refractivity contribution in [1.29, 1.82) is 0 Å². The molecule has 0 saturated carbocycles. The molecule has 3 aromatic carbocycles. The van der Waals surface area contributed by atoms with Gasteiger partial charge in [0, 0.05) is 29.5 Å². The van der Waals surface area contributed by atoms with Crippen LogP contribution in [0.15, 0.2) is 83.2 Å². The van der Waals surface area contributed by atoms with Gasteiger partial charge < -0.3 is 25.2 Å². The number of thioether (sulfide) groups is 1. The largest absolute Gasteiger partial charge is 0.392 e. The summed E-state index contributed by atoms with van der Waals surface area (Å²) in [5, 5.41) is 24.6. The van der Waals surface area contributed by atoms with E-state index in [0.717, 1.165) is 31.6 Å². The summed E-state index contributed by atoms with van der Waals surface area (Å²) >= 11 is 3.20. The zero-order chi connectivity index (χ0) is 27.9. The minimum absolute atomic E-state index is 0.00760. The molecule has 1 fully saturated rings. The van der Waals surface area contributed by atoms with Crippen molar-refractivity contribution in [3.05, 3.63) is 106 Å². The summed E-state index contributed by atoms with van der Waals surface area (Å²) < 4.78 is 14.0. The Hall–Kier alpha value is -3.28. The van der Waals surface area contributed by atoms with Crippen LogP contribution >= 0.6 is 23.1 Å². The maximum Gasteiger partial charge on any atom is 0.319 e. The van der Waals surface area contributed by atoms with E-state index in [4.69, 9.17) is 9.47 Å². The lowest BCUT2D eigenvalue weighted by Gasteiger charge is -2.41. The van der Waals surface area contributed by atoms with E-state index >= 15 is 0 Å². The average Bonchev–Trinajstić information content (AvgIpc) is 3.41. The summed E-state index contributed by atoms with van der Waals surface area (Å²) in [4.78, 5) is 12.6. The lowest BCUT2D eigenvalue weighted by atomic mass is 9.91. The van der Waals surface area contributed by atoms with Crippen molar-refractivity contribution in [2.24, 2.45) is 5.92 Å². The third-order valence-electron chi connectivity index (χ3n) is 6.71. The number of carbonyl (C=O) groups is 1. The maximum absolute atomic E-state index is 12.6. The molecule has 0 aliphatic carbocycles. The van der Waals surface area contributed by atoms with Gasteiger partial charge in [0.25, 0.3) is 0 Å². The molecule has 2 heterocycles. The Morgan fingerprint density at radius 1 is 0.975 bits per heavy atom. The van der Waals surface area contributed by atoms with E-state index in [1.165, 1.54) is 0 Å². The zero-order valence-corrected chi connectivity index (χ0v) is 24.0. The number of amides is 2. The zero-order valence-electron chi connectivity index (χ0n) is 22.3. The second-order valence-corrected chi connectivity index (χ2v) is 12.1. The molecule has 1 saturated heterocycles. The van der Waals surface area contributed by atoms with E-state index in [0.29, 0.717) is 18.0 Å². The SMILES string of the molecule is Cc1nnc(SCC2OC(c3cccc(NC(=O)NCc4ccccc4)c3)OC(c3ccc(CO)cc3)C2C)s1. The fourth-order valence-corrected chi connectivity index (χ4v) is 6.52. The molecule has 4 atom stereocenters. The molecule has 0 spiro atoms. The van der Waals surface area contributed by atoms with Crippen LogP contribution in [0.1, 0.15) is 46.6 Å². The summed E-state index contributed by atoms with van der Waals surface area (Å²) in [7, 11) is 0. The number of aliphatic hydroxyl groups excluding tert-OH is 1. The first-order valence-electron chi connectivity index (χ1n) is 13.1. The Balaban J connectivity index is 1.31. The molecule has 1 aromatic heterocycles. The number of benzene rings is 3. The van der Waals surface area contributed by atoms with Gasteiger partial charge in [0.15, 0.2) is 10.6 Å². The molecule has 0 radical (unpaired) electrons. The van der Waals surface area contributed by atoms with Crippen molar-refractivity contribution in [2.45, 2.75) is 49.8 Å². The van der Waals surface area contributed by atoms with Crippen molar-refractivity contribution in [2.75, 3.05) is 11.1 Å². The van der Waals surface area contributed by atoms with Crippen molar-refractivity contribution in [1.82, 2.24) is 15.5 Å². The van der Waals surface area contributed by atoms with Gasteiger partial charge in [-0.15, -0.1) is 10.2 Å². The number of urea groups is 1. The van der Waals surface area contributed by atoms with Crippen LogP contribution in [0.4, 0.5) is 10.5 Å². The van der Waals surface area contributed by atoms with E-state index in [9.17, 15) is 9.90 Å². The second kappa shape index (κ2) is 13.4. The average molecular weight is 577 g/mol. The number of carbonyl (C=O) groups excluding carboxylic acids is 1. The summed E-state index contributed by atoms with van der Waals surface area (Å²) in [5.74, 6) is 0.753. The van der Waals surface area contributed by atoms with Crippen LogP contribution in [0.3, 0.4) is 0 Å². The maximum atomic E-state index is 12.6. The van der Waals surface area contributed by atoms with E-state index in [1.807, 2.05) is 85.8 Å². The molecule has 40 heavy (non-hydrogen) atoms. The molecule has 1 aliphatic heterocycles. The molecular weight excluding hydrogens is 544 g/mol. The smallest absolute Gasteiger partial charge is 0.319 e. The molecule has 3 N–H and O–H groups in total. The molecule has 10 heteroatoms. The van der Waals surface area contributed by atoms with Crippen LogP contribution in [0.25, 0.3) is 0 Å². The fourth-order valence-electron chi connectivity index (χ4n) is 4.52. The van der Waals surface area contributed by atoms with E-state index < -0.39 is 6.29 Å². The highest BCUT2D eigenvalue weighted by Gasteiger charge is 2.38. The minimum atomic E-state index is -0.630. The van der Waals surface area contributed by atoms with Crippen LogP contribution in [-0.4, -0.2) is 33.2 Å². The Labute approximate surface area is 242 Å². The van der Waals surface area contributed by atoms with Crippen molar-refractivity contribution in [3.8, 4) is 0 Å². The summed E-state index contributed by atoms with van der Waals surface area (Å²) in [6.07, 6.45) is -0.977. The van der Waals surface area contributed by atoms with E-state index in [2.05, 4.69) is 27.8 Å². The first-order chi connectivity index (χ1) is 19.5. The first kappa shape index (κ1) is 28.3. The third-order valence-corrected chi connectivity index (χ3v) is 8.78. The van der Waals surface area contributed by atoms with Crippen molar-refractivity contribution >= 4 is 34.8 Å². The first-order valence-corrected chi connectivity index (χ1v) is 14.9. The van der Waals surface area contributed by atoms with Gasteiger partial charge in [-0.1, -0.05) is 96.8 Å². The Morgan fingerprint density at radius 3 is 2.50 bits per heavy atom. The lowest BCUT2D eigenvalue weighted by Crippen LogP contribution is -2.38. The number of aliphatic hydroxyl groups is 1. The molecule has 5 rings (SSSR count). The fraction of sp³-hybridized carbons (Fsp3) is 0.300. The number of aryl methyl sites for hydroxylation is 1. The number of nitrogens with one attached hydrogen (secondary N) is 2. The number of anilines is 1. The molecule has 1 aliphatic rings. The molecular formula is C30H32N4O4S2. The van der Waals surface area contributed by atoms with Crippen LogP contribution in [0.2, 0.25) is 0 Å². The highest BCUT2D eigenvalue weighted by Crippen LogP contribution is 2.43. The Kier molecular flexibility index (Phi) is 9.45. The number of hydrogen-bond acceptors (Lipinski definition) is 8. The van der Waals surface area contributed by atoms with Crippen LogP contribution in [-0.2, 0) is 22.6 Å². The number of aromatic nitrogens is 2. The molecule has 4 aromatic rings. The molecule has 0 bridgehead atoms. The van der Waals surface area contributed by atoms with Crippen LogP contribution in [0.5, 0.6) is 0 Å². The number of nitrogens with zero attached hydrogens (tertiary/aromatic N) is 2. The Bertz CT molecular complexity index is 1400. The van der Waals surface area contributed by atoms with Gasteiger partial charge in [0.1, 0.15) is 5.01 Å². The molecule has 4 unspecified atom stereocenters. The summed E-state index contributed by atoms with van der Waals surface area (Å²) in [6, 6.07) is 24.9. The number of rotatable bonds is 9. The summed E-state index contributed by atoms with van der Waals surface area (Å²) in [5.41, 5.74) is 4.35.